The van der Waals surface area contributed by atoms with Gasteiger partial charge < -0.3 is 20.7 Å². The second-order valence-corrected chi connectivity index (χ2v) is 9.36. The number of thiazole rings is 1. The van der Waals surface area contributed by atoms with Gasteiger partial charge in [0, 0.05) is 24.7 Å². The van der Waals surface area contributed by atoms with Gasteiger partial charge in [0.15, 0.2) is 5.13 Å². The third-order valence-corrected chi connectivity index (χ3v) is 5.79. The molecule has 7 nitrogen and oxygen atoms in total. The highest BCUT2D eigenvalue weighted by Crippen LogP contribution is 2.31. The number of nitrogens with one attached hydrogen (secondary N) is 3. The standard InChI is InChI=1S/C24H27F3N4O3S/c1-15(2)13-19(29-16-7-4-3-5-8-16)22(33)28-12-6-9-21(32)31-23-30-18-11-10-17(14-20(18)35-23)34-24(25,26)27/h3-5,7-8,10-11,14-15,19,29H,6,9,12-13H2,1-2H3,(H,28,33)(H,30,31,32). The summed E-state index contributed by atoms with van der Waals surface area (Å²) in [7, 11) is 0. The molecule has 2 aromatic carbocycles. The molecule has 0 saturated carbocycles. The molecule has 35 heavy (non-hydrogen) atoms. The monoisotopic (exact) mass is 508 g/mol. The first kappa shape index (κ1) is 26.3. The van der Waals surface area contributed by atoms with Crippen LogP contribution in [0.4, 0.5) is 24.0 Å². The molecule has 3 N–H and O–H groups in total. The van der Waals surface area contributed by atoms with Crippen LogP contribution in [-0.2, 0) is 9.59 Å². The fraction of sp³-hybridized carbons (Fsp3) is 0.375. The second-order valence-electron chi connectivity index (χ2n) is 8.33. The highest BCUT2D eigenvalue weighted by atomic mass is 32.1. The van der Waals surface area contributed by atoms with Crippen LogP contribution in [-0.4, -0.2) is 35.7 Å². The van der Waals surface area contributed by atoms with Gasteiger partial charge in [-0.25, -0.2) is 4.98 Å². The number of hydrogen-bond donors (Lipinski definition) is 3. The Kier molecular flexibility index (Phi) is 8.91. The number of aromatic nitrogens is 1. The first-order chi connectivity index (χ1) is 16.6. The van der Waals surface area contributed by atoms with E-state index in [1.54, 1.807) is 0 Å². The fourth-order valence-electron chi connectivity index (χ4n) is 3.36. The van der Waals surface area contributed by atoms with Crippen molar-refractivity contribution in [2.75, 3.05) is 17.2 Å². The van der Waals surface area contributed by atoms with Gasteiger partial charge >= 0.3 is 6.36 Å². The highest BCUT2D eigenvalue weighted by Gasteiger charge is 2.31. The molecule has 0 bridgehead atoms. The van der Waals surface area contributed by atoms with Gasteiger partial charge in [0.25, 0.3) is 0 Å². The predicted molar refractivity (Wildman–Crippen MR) is 130 cm³/mol. The van der Waals surface area contributed by atoms with Crippen molar-refractivity contribution >= 4 is 44.2 Å². The Morgan fingerprint density at radius 1 is 1.11 bits per heavy atom. The molecule has 0 saturated heterocycles. The molecule has 1 heterocycles. The molecule has 188 valence electrons. The number of halogens is 3. The molecule has 0 fully saturated rings. The van der Waals surface area contributed by atoms with Crippen LogP contribution >= 0.6 is 11.3 Å². The van der Waals surface area contributed by atoms with E-state index >= 15 is 0 Å². The van der Waals surface area contributed by atoms with Gasteiger partial charge in [0.1, 0.15) is 11.8 Å². The average molecular weight is 509 g/mol. The molecule has 0 aliphatic heterocycles. The lowest BCUT2D eigenvalue weighted by atomic mass is 10.0. The topological polar surface area (TPSA) is 92.4 Å². The molecule has 3 rings (SSSR count). The quantitative estimate of drug-likeness (QED) is 0.295. The molecule has 0 radical (unpaired) electrons. The zero-order valence-electron chi connectivity index (χ0n) is 19.3. The van der Waals surface area contributed by atoms with Crippen molar-refractivity contribution in [3.63, 3.8) is 0 Å². The van der Waals surface area contributed by atoms with Crippen molar-refractivity contribution in [2.24, 2.45) is 5.92 Å². The normalized spacial score (nSPS) is 12.4. The van der Waals surface area contributed by atoms with Crippen LogP contribution in [0.15, 0.2) is 48.5 Å². The number of benzene rings is 2. The number of rotatable bonds is 11. The minimum Gasteiger partial charge on any atom is -0.406 e. The zero-order valence-corrected chi connectivity index (χ0v) is 20.1. The van der Waals surface area contributed by atoms with Crippen molar-refractivity contribution in [1.29, 1.82) is 0 Å². The van der Waals surface area contributed by atoms with E-state index in [4.69, 9.17) is 0 Å². The summed E-state index contributed by atoms with van der Waals surface area (Å²) in [5.41, 5.74) is 1.31. The fourth-order valence-corrected chi connectivity index (χ4v) is 4.27. The van der Waals surface area contributed by atoms with Gasteiger partial charge in [-0.3, -0.25) is 9.59 Å². The van der Waals surface area contributed by atoms with E-state index in [1.165, 1.54) is 18.2 Å². The summed E-state index contributed by atoms with van der Waals surface area (Å²) in [6, 6.07) is 12.9. The summed E-state index contributed by atoms with van der Waals surface area (Å²) in [4.78, 5) is 29.1. The van der Waals surface area contributed by atoms with Gasteiger partial charge in [-0.05, 0) is 43.0 Å². The van der Waals surface area contributed by atoms with Gasteiger partial charge in [-0.15, -0.1) is 13.2 Å². The summed E-state index contributed by atoms with van der Waals surface area (Å²) in [5, 5.41) is 9.05. The zero-order chi connectivity index (χ0) is 25.4. The molecule has 0 aliphatic rings. The molecule has 1 aromatic heterocycles. The maximum absolute atomic E-state index is 12.7. The van der Waals surface area contributed by atoms with Crippen molar-refractivity contribution in [3.8, 4) is 5.75 Å². The van der Waals surface area contributed by atoms with Crippen molar-refractivity contribution < 1.29 is 27.5 Å². The van der Waals surface area contributed by atoms with Gasteiger partial charge in [-0.1, -0.05) is 43.4 Å². The molecule has 0 aliphatic carbocycles. The number of carbonyl (C=O) groups excluding carboxylic acids is 2. The number of carbonyl (C=O) groups is 2. The van der Waals surface area contributed by atoms with Crippen LogP contribution in [0, 0.1) is 5.92 Å². The Balaban J connectivity index is 1.46. The van der Waals surface area contributed by atoms with Crippen molar-refractivity contribution in [2.45, 2.75) is 45.5 Å². The summed E-state index contributed by atoms with van der Waals surface area (Å²) >= 11 is 1.05. The molecule has 0 spiro atoms. The van der Waals surface area contributed by atoms with Crippen LogP contribution in [0.2, 0.25) is 0 Å². The molecular formula is C24H27F3N4O3S. The van der Waals surface area contributed by atoms with E-state index in [-0.39, 0.29) is 35.2 Å². The summed E-state index contributed by atoms with van der Waals surface area (Å²) < 4.78 is 41.5. The van der Waals surface area contributed by atoms with Crippen LogP contribution < -0.4 is 20.7 Å². The van der Waals surface area contributed by atoms with E-state index in [0.717, 1.165) is 17.0 Å². The van der Waals surface area contributed by atoms with Crippen LogP contribution in [0.5, 0.6) is 5.75 Å². The number of para-hydroxylation sites is 1. The second kappa shape index (κ2) is 11.9. The molecule has 11 heteroatoms. The van der Waals surface area contributed by atoms with E-state index < -0.39 is 6.36 Å². The molecule has 1 unspecified atom stereocenters. The first-order valence-corrected chi connectivity index (χ1v) is 12.0. The molecular weight excluding hydrogens is 481 g/mol. The SMILES string of the molecule is CC(C)CC(Nc1ccccc1)C(=O)NCCCC(=O)Nc1nc2ccc(OC(F)(F)F)cc2s1. The Morgan fingerprint density at radius 3 is 2.54 bits per heavy atom. The van der Waals surface area contributed by atoms with Crippen LogP contribution in [0.3, 0.4) is 0 Å². The van der Waals surface area contributed by atoms with Gasteiger partial charge in [0.05, 0.1) is 10.2 Å². The minimum atomic E-state index is -4.78. The smallest absolute Gasteiger partial charge is 0.406 e. The Morgan fingerprint density at radius 2 is 1.86 bits per heavy atom. The lowest BCUT2D eigenvalue weighted by Gasteiger charge is -2.21. The maximum atomic E-state index is 12.7. The third kappa shape index (κ3) is 8.75. The van der Waals surface area contributed by atoms with Crippen LogP contribution in [0.25, 0.3) is 10.2 Å². The number of alkyl halides is 3. The summed E-state index contributed by atoms with van der Waals surface area (Å²) in [5.74, 6) is -0.463. The third-order valence-electron chi connectivity index (χ3n) is 4.86. The Hall–Kier alpha value is -3.34. The lowest BCUT2D eigenvalue weighted by Crippen LogP contribution is -2.41. The Bertz CT molecular complexity index is 1140. The first-order valence-electron chi connectivity index (χ1n) is 11.1. The average Bonchev–Trinajstić information content (AvgIpc) is 3.16. The number of fused-ring (bicyclic) bond motifs is 1. The van der Waals surface area contributed by atoms with E-state index in [0.29, 0.717) is 35.5 Å². The van der Waals surface area contributed by atoms with Gasteiger partial charge in [-0.2, -0.15) is 0 Å². The maximum Gasteiger partial charge on any atom is 0.573 e. The molecule has 2 amide bonds. The number of ether oxygens (including phenoxy) is 1. The number of anilines is 2. The summed E-state index contributed by atoms with van der Waals surface area (Å²) in [6.07, 6.45) is -3.54. The minimum absolute atomic E-state index is 0.133. The molecule has 1 atom stereocenters. The Labute approximate surface area is 205 Å². The van der Waals surface area contributed by atoms with Crippen LogP contribution in [0.1, 0.15) is 33.1 Å². The number of nitrogens with zero attached hydrogens (tertiary/aromatic N) is 1. The van der Waals surface area contributed by atoms with E-state index in [1.807, 2.05) is 44.2 Å². The number of amides is 2. The lowest BCUT2D eigenvalue weighted by molar-refractivity contribution is -0.274. The van der Waals surface area contributed by atoms with Crippen molar-refractivity contribution in [3.05, 3.63) is 48.5 Å². The van der Waals surface area contributed by atoms with E-state index in [2.05, 4.69) is 25.7 Å². The van der Waals surface area contributed by atoms with E-state index in [9.17, 15) is 22.8 Å². The van der Waals surface area contributed by atoms with Crippen molar-refractivity contribution in [1.82, 2.24) is 10.3 Å². The number of hydrogen-bond acceptors (Lipinski definition) is 6. The molecule has 3 aromatic rings. The van der Waals surface area contributed by atoms with Gasteiger partial charge in [0.2, 0.25) is 11.8 Å². The largest absolute Gasteiger partial charge is 0.573 e. The highest BCUT2D eigenvalue weighted by molar-refractivity contribution is 7.22. The predicted octanol–water partition coefficient (Wildman–Crippen LogP) is 5.56. The summed E-state index contributed by atoms with van der Waals surface area (Å²) in [6.45, 7) is 4.42.